The van der Waals surface area contributed by atoms with Crippen molar-refractivity contribution in [3.05, 3.63) is 78.1 Å². The van der Waals surface area contributed by atoms with Gasteiger partial charge >= 0.3 is 0 Å². The molecular formula is C29H30N4O4S. The maximum Gasteiger partial charge on any atom is 0.286 e. The second kappa shape index (κ2) is 11.2. The van der Waals surface area contributed by atoms with Gasteiger partial charge in [0.2, 0.25) is 5.91 Å². The fraction of sp³-hybridized carbons (Fsp3) is 0.276. The summed E-state index contributed by atoms with van der Waals surface area (Å²) in [6, 6.07) is 21.8. The molecule has 5 rings (SSSR count). The molecule has 1 fully saturated rings. The van der Waals surface area contributed by atoms with Gasteiger partial charge in [0.15, 0.2) is 0 Å². The van der Waals surface area contributed by atoms with Crippen LogP contribution in [0.5, 0.6) is 17.2 Å². The molecule has 2 amide bonds. The third-order valence-electron chi connectivity index (χ3n) is 6.54. The Hall–Kier alpha value is -3.98. The zero-order valence-electron chi connectivity index (χ0n) is 21.6. The minimum Gasteiger partial charge on any atom is -0.486 e. The van der Waals surface area contributed by atoms with Gasteiger partial charge in [-0.3, -0.25) is 14.9 Å². The van der Waals surface area contributed by atoms with E-state index < -0.39 is 0 Å². The normalized spacial score (nSPS) is 15.9. The van der Waals surface area contributed by atoms with Crippen LogP contribution in [0.3, 0.4) is 0 Å². The number of fused-ring (bicyclic) bond motifs is 1. The molecule has 1 aliphatic heterocycles. The number of benzene rings is 3. The number of rotatable bonds is 10. The van der Waals surface area contributed by atoms with Gasteiger partial charge in [-0.2, -0.15) is 0 Å². The summed E-state index contributed by atoms with van der Waals surface area (Å²) in [6.45, 7) is 4.62. The van der Waals surface area contributed by atoms with E-state index in [1.807, 2.05) is 78.3 Å². The average molecular weight is 531 g/mol. The Labute approximate surface area is 225 Å². The second-order valence-electron chi connectivity index (χ2n) is 9.34. The molecule has 1 saturated heterocycles. The molecule has 2 atom stereocenters. The number of hydrogen-bond donors (Lipinski definition) is 2. The van der Waals surface area contributed by atoms with Crippen molar-refractivity contribution in [3.63, 3.8) is 0 Å². The smallest absolute Gasteiger partial charge is 0.286 e. The third kappa shape index (κ3) is 5.94. The van der Waals surface area contributed by atoms with Crippen molar-refractivity contribution in [2.24, 2.45) is 7.05 Å². The number of carbonyl (C=O) groups excluding carboxylic acids is 2. The zero-order valence-corrected chi connectivity index (χ0v) is 22.4. The highest BCUT2D eigenvalue weighted by Crippen LogP contribution is 2.28. The highest BCUT2D eigenvalue weighted by Gasteiger charge is 2.31. The van der Waals surface area contributed by atoms with E-state index in [0.717, 1.165) is 57.8 Å². The predicted octanol–water partition coefficient (Wildman–Crippen LogP) is 6.05. The van der Waals surface area contributed by atoms with E-state index >= 15 is 0 Å². The summed E-state index contributed by atoms with van der Waals surface area (Å²) in [6.07, 6.45) is 1.56. The van der Waals surface area contributed by atoms with Crippen LogP contribution < -0.4 is 20.1 Å². The molecular weight excluding hydrogens is 500 g/mol. The van der Waals surface area contributed by atoms with Gasteiger partial charge in [-0.25, -0.2) is 4.98 Å². The maximum atomic E-state index is 11.8. The fourth-order valence-corrected chi connectivity index (χ4v) is 5.03. The van der Waals surface area contributed by atoms with Crippen LogP contribution >= 0.6 is 11.8 Å². The zero-order chi connectivity index (χ0) is 26.6. The maximum absolute atomic E-state index is 11.8. The van der Waals surface area contributed by atoms with Crippen molar-refractivity contribution in [2.45, 2.75) is 44.6 Å². The van der Waals surface area contributed by atoms with Gasteiger partial charge in [0.05, 0.1) is 16.3 Å². The highest BCUT2D eigenvalue weighted by atomic mass is 32.2. The molecule has 4 aromatic rings. The Kier molecular flexibility index (Phi) is 7.55. The molecule has 0 radical (unpaired) electrons. The van der Waals surface area contributed by atoms with E-state index in [0.29, 0.717) is 24.8 Å². The van der Waals surface area contributed by atoms with E-state index in [2.05, 4.69) is 24.5 Å². The molecule has 0 saturated carbocycles. The molecule has 1 aliphatic rings. The lowest BCUT2D eigenvalue weighted by molar-refractivity contribution is -0.118. The minimum atomic E-state index is -0.380. The number of amides is 2. The van der Waals surface area contributed by atoms with Crippen LogP contribution in [-0.2, 0) is 24.9 Å². The first-order valence-corrected chi connectivity index (χ1v) is 13.5. The standard InChI is InChI=1S/C29H30N4O4S/c1-4-18(2)30-20-7-11-22(12-8-20)37-23-13-14-24-25(16-23)33(3)27(31-24)17-36-21-9-5-19(6-10-21)15-26-28(34)32-29(35)38-26/h5-14,16,18,26,30H,4,15,17H2,1-3H3,(H,32,34,35)/t18?,26-/m1/s1. The van der Waals surface area contributed by atoms with Gasteiger partial charge in [-0.05, 0) is 73.9 Å². The monoisotopic (exact) mass is 530 g/mol. The number of aromatic nitrogens is 2. The predicted molar refractivity (Wildman–Crippen MR) is 150 cm³/mol. The summed E-state index contributed by atoms with van der Waals surface area (Å²) in [7, 11) is 1.96. The lowest BCUT2D eigenvalue weighted by Crippen LogP contribution is -2.25. The van der Waals surface area contributed by atoms with Crippen molar-refractivity contribution in [3.8, 4) is 17.2 Å². The Morgan fingerprint density at radius 1 is 1.03 bits per heavy atom. The van der Waals surface area contributed by atoms with Gasteiger partial charge in [0, 0.05) is 24.8 Å². The summed E-state index contributed by atoms with van der Waals surface area (Å²) >= 11 is 1.03. The molecule has 1 unspecified atom stereocenters. The number of imide groups is 1. The van der Waals surface area contributed by atoms with Gasteiger partial charge < -0.3 is 19.4 Å². The first kappa shape index (κ1) is 25.7. The first-order chi connectivity index (χ1) is 18.4. The molecule has 9 heteroatoms. The number of nitrogens with zero attached hydrogens (tertiary/aromatic N) is 2. The molecule has 1 aromatic heterocycles. The quantitative estimate of drug-likeness (QED) is 0.258. The number of carbonyl (C=O) groups is 2. The number of hydrogen-bond acceptors (Lipinski definition) is 7. The van der Waals surface area contributed by atoms with Crippen LogP contribution in [0.1, 0.15) is 31.7 Å². The molecule has 2 heterocycles. The molecule has 0 bridgehead atoms. The lowest BCUT2D eigenvalue weighted by atomic mass is 10.1. The summed E-state index contributed by atoms with van der Waals surface area (Å²) in [5.41, 5.74) is 3.86. The van der Waals surface area contributed by atoms with E-state index in [4.69, 9.17) is 14.5 Å². The van der Waals surface area contributed by atoms with E-state index in [1.54, 1.807) is 0 Å². The average Bonchev–Trinajstić information content (AvgIpc) is 3.41. The highest BCUT2D eigenvalue weighted by molar-refractivity contribution is 8.15. The number of nitrogens with one attached hydrogen (secondary N) is 2. The molecule has 0 spiro atoms. The van der Waals surface area contributed by atoms with Crippen LogP contribution in [-0.4, -0.2) is 32.0 Å². The van der Waals surface area contributed by atoms with Crippen LogP contribution in [0.4, 0.5) is 10.5 Å². The van der Waals surface area contributed by atoms with Crippen molar-refractivity contribution < 1.29 is 19.1 Å². The van der Waals surface area contributed by atoms with Crippen LogP contribution in [0.2, 0.25) is 0 Å². The summed E-state index contributed by atoms with van der Waals surface area (Å²) in [5.74, 6) is 2.77. The Morgan fingerprint density at radius 3 is 2.42 bits per heavy atom. The number of anilines is 1. The SMILES string of the molecule is CCC(C)Nc1ccc(Oc2ccc3nc(COc4ccc(C[C@H]5SC(=O)NC5=O)cc4)n(C)c3c2)cc1. The third-order valence-corrected chi connectivity index (χ3v) is 7.52. The van der Waals surface area contributed by atoms with Gasteiger partial charge in [0.25, 0.3) is 5.24 Å². The molecule has 3 aromatic carbocycles. The van der Waals surface area contributed by atoms with E-state index in [-0.39, 0.29) is 16.4 Å². The molecule has 38 heavy (non-hydrogen) atoms. The largest absolute Gasteiger partial charge is 0.486 e. The van der Waals surface area contributed by atoms with Crippen LogP contribution in [0.15, 0.2) is 66.7 Å². The lowest BCUT2D eigenvalue weighted by Gasteiger charge is -2.13. The first-order valence-electron chi connectivity index (χ1n) is 12.6. The molecule has 8 nitrogen and oxygen atoms in total. The van der Waals surface area contributed by atoms with Crippen molar-refractivity contribution in [1.82, 2.24) is 14.9 Å². The van der Waals surface area contributed by atoms with Crippen LogP contribution in [0.25, 0.3) is 11.0 Å². The van der Waals surface area contributed by atoms with Gasteiger partial charge in [-0.15, -0.1) is 0 Å². The number of thioether (sulfide) groups is 1. The van der Waals surface area contributed by atoms with E-state index in [1.165, 1.54) is 0 Å². The van der Waals surface area contributed by atoms with Crippen LogP contribution in [0, 0.1) is 0 Å². The Balaban J connectivity index is 1.20. The molecule has 0 aliphatic carbocycles. The molecule has 196 valence electrons. The van der Waals surface area contributed by atoms with E-state index in [9.17, 15) is 9.59 Å². The van der Waals surface area contributed by atoms with Gasteiger partial charge in [0.1, 0.15) is 29.7 Å². The Bertz CT molecular complexity index is 1450. The number of aryl methyl sites for hydroxylation is 1. The summed E-state index contributed by atoms with van der Waals surface area (Å²) in [4.78, 5) is 27.9. The second-order valence-corrected chi connectivity index (χ2v) is 10.5. The molecule has 2 N–H and O–H groups in total. The topological polar surface area (TPSA) is 94.5 Å². The van der Waals surface area contributed by atoms with Gasteiger partial charge in [-0.1, -0.05) is 30.8 Å². The van der Waals surface area contributed by atoms with Crippen molar-refractivity contribution in [1.29, 1.82) is 0 Å². The summed E-state index contributed by atoms with van der Waals surface area (Å²) < 4.78 is 14.1. The number of ether oxygens (including phenoxy) is 2. The summed E-state index contributed by atoms with van der Waals surface area (Å²) in [5, 5.41) is 5.11. The number of imidazole rings is 1. The fourth-order valence-electron chi connectivity index (χ4n) is 4.17. The van der Waals surface area contributed by atoms with Crippen molar-refractivity contribution >= 4 is 39.6 Å². The Morgan fingerprint density at radius 2 is 1.74 bits per heavy atom. The van der Waals surface area contributed by atoms with Crippen molar-refractivity contribution in [2.75, 3.05) is 5.32 Å². The minimum absolute atomic E-state index is 0.233.